The standard InChI is InChI=1S/C28H46O/c1-18(2)19(3)10-11-20(4)26-24-13-12-21-22-9-7-8-15-27(22,5)16-14-23(21)28(24,6)17-25(26)29/h18-23H,7-17H2,1-6H3/t19-,20-,21+,22+,23+,27+,28-/m1/s1. The molecule has 0 bridgehead atoms. The van der Waals surface area contributed by atoms with E-state index < -0.39 is 0 Å². The molecule has 29 heavy (non-hydrogen) atoms. The zero-order valence-electron chi connectivity index (χ0n) is 20.2. The summed E-state index contributed by atoms with van der Waals surface area (Å²) in [6.45, 7) is 14.5. The van der Waals surface area contributed by atoms with Gasteiger partial charge in [0.05, 0.1) is 0 Å². The van der Waals surface area contributed by atoms with E-state index in [0.717, 1.165) is 36.0 Å². The normalized spacial score (nSPS) is 41.8. The Morgan fingerprint density at radius 2 is 1.69 bits per heavy atom. The van der Waals surface area contributed by atoms with E-state index >= 15 is 0 Å². The van der Waals surface area contributed by atoms with Crippen molar-refractivity contribution in [2.45, 2.75) is 112 Å². The molecule has 0 unspecified atom stereocenters. The van der Waals surface area contributed by atoms with Gasteiger partial charge in [-0.1, -0.05) is 60.0 Å². The van der Waals surface area contributed by atoms with Crippen molar-refractivity contribution in [3.05, 3.63) is 11.1 Å². The summed E-state index contributed by atoms with van der Waals surface area (Å²) in [7, 11) is 0. The maximum absolute atomic E-state index is 13.3. The molecule has 0 spiro atoms. The summed E-state index contributed by atoms with van der Waals surface area (Å²) in [6, 6.07) is 0. The van der Waals surface area contributed by atoms with E-state index in [1.54, 1.807) is 5.57 Å². The van der Waals surface area contributed by atoms with Gasteiger partial charge in [0.2, 0.25) is 0 Å². The van der Waals surface area contributed by atoms with Gasteiger partial charge >= 0.3 is 0 Å². The molecule has 0 amide bonds. The van der Waals surface area contributed by atoms with E-state index in [0.29, 0.717) is 17.1 Å². The lowest BCUT2D eigenvalue weighted by Crippen LogP contribution is -2.50. The Labute approximate surface area is 180 Å². The molecule has 0 aliphatic heterocycles. The van der Waals surface area contributed by atoms with Crippen LogP contribution < -0.4 is 0 Å². The molecule has 164 valence electrons. The summed E-state index contributed by atoms with van der Waals surface area (Å²) in [5.74, 6) is 5.05. The van der Waals surface area contributed by atoms with Gasteiger partial charge in [-0.15, -0.1) is 0 Å². The summed E-state index contributed by atoms with van der Waals surface area (Å²) < 4.78 is 0. The molecule has 0 saturated heterocycles. The lowest BCUT2D eigenvalue weighted by molar-refractivity contribution is -0.118. The van der Waals surface area contributed by atoms with Crippen molar-refractivity contribution in [3.63, 3.8) is 0 Å². The van der Waals surface area contributed by atoms with Crippen LogP contribution in [0.5, 0.6) is 0 Å². The van der Waals surface area contributed by atoms with Gasteiger partial charge in [-0.2, -0.15) is 0 Å². The number of carbonyl (C=O) groups is 1. The summed E-state index contributed by atoms with van der Waals surface area (Å²) in [6.07, 6.45) is 14.4. The van der Waals surface area contributed by atoms with E-state index in [4.69, 9.17) is 0 Å². The van der Waals surface area contributed by atoms with Crippen molar-refractivity contribution in [2.24, 2.45) is 46.3 Å². The molecule has 0 heterocycles. The van der Waals surface area contributed by atoms with Crippen molar-refractivity contribution in [1.29, 1.82) is 0 Å². The van der Waals surface area contributed by atoms with Crippen LogP contribution in [0.1, 0.15) is 112 Å². The molecule has 7 atom stereocenters. The van der Waals surface area contributed by atoms with Crippen LogP contribution in [-0.4, -0.2) is 5.78 Å². The number of rotatable bonds is 5. The molecule has 0 radical (unpaired) electrons. The zero-order chi connectivity index (χ0) is 21.0. The number of ketones is 1. The van der Waals surface area contributed by atoms with E-state index in [1.165, 1.54) is 69.8 Å². The number of fused-ring (bicyclic) bond motifs is 5. The fourth-order valence-corrected chi connectivity index (χ4v) is 8.30. The Kier molecular flexibility index (Phi) is 5.84. The van der Waals surface area contributed by atoms with Gasteiger partial charge in [-0.3, -0.25) is 4.79 Å². The first-order valence-electron chi connectivity index (χ1n) is 12.9. The maximum atomic E-state index is 13.3. The molecular formula is C28H46O. The molecular weight excluding hydrogens is 352 g/mol. The molecule has 0 aromatic rings. The number of hydrogen-bond donors (Lipinski definition) is 0. The number of allylic oxidation sites excluding steroid dienone is 2. The monoisotopic (exact) mass is 398 g/mol. The Hall–Kier alpha value is -0.590. The minimum atomic E-state index is 0.187. The fourth-order valence-electron chi connectivity index (χ4n) is 8.30. The second kappa shape index (κ2) is 7.83. The maximum Gasteiger partial charge on any atom is 0.159 e. The van der Waals surface area contributed by atoms with Crippen LogP contribution in [-0.2, 0) is 4.79 Å². The van der Waals surface area contributed by atoms with Crippen molar-refractivity contribution >= 4 is 5.78 Å². The first-order valence-corrected chi connectivity index (χ1v) is 12.9. The third kappa shape index (κ3) is 3.57. The molecule has 3 saturated carbocycles. The molecule has 1 nitrogen and oxygen atoms in total. The van der Waals surface area contributed by atoms with Crippen LogP contribution in [0.4, 0.5) is 0 Å². The highest BCUT2D eigenvalue weighted by Gasteiger charge is 2.58. The molecule has 4 aliphatic carbocycles. The highest BCUT2D eigenvalue weighted by Crippen LogP contribution is 2.65. The van der Waals surface area contributed by atoms with E-state index in [9.17, 15) is 4.79 Å². The largest absolute Gasteiger partial charge is 0.295 e. The van der Waals surface area contributed by atoms with Crippen LogP contribution in [0.25, 0.3) is 0 Å². The second-order valence-electron chi connectivity index (χ2n) is 12.5. The summed E-state index contributed by atoms with van der Waals surface area (Å²) in [4.78, 5) is 13.3. The molecule has 0 N–H and O–H groups in total. The number of hydrogen-bond acceptors (Lipinski definition) is 1. The van der Waals surface area contributed by atoms with Gasteiger partial charge in [0.25, 0.3) is 0 Å². The fraction of sp³-hybridized carbons (Fsp3) is 0.893. The second-order valence-corrected chi connectivity index (χ2v) is 12.5. The molecule has 1 heteroatoms. The third-order valence-electron chi connectivity index (χ3n) is 10.5. The third-order valence-corrected chi connectivity index (χ3v) is 10.5. The van der Waals surface area contributed by atoms with Gasteiger partial charge < -0.3 is 0 Å². The minimum absolute atomic E-state index is 0.187. The van der Waals surface area contributed by atoms with Gasteiger partial charge in [0.1, 0.15) is 0 Å². The Bertz CT molecular complexity index is 672. The van der Waals surface area contributed by atoms with E-state index in [-0.39, 0.29) is 5.41 Å². The average molecular weight is 399 g/mol. The van der Waals surface area contributed by atoms with Gasteiger partial charge in [-0.25, -0.2) is 0 Å². The van der Waals surface area contributed by atoms with Gasteiger partial charge in [-0.05, 0) is 103 Å². The zero-order valence-corrected chi connectivity index (χ0v) is 20.2. The predicted octanol–water partition coefficient (Wildman–Crippen LogP) is 7.99. The Morgan fingerprint density at radius 3 is 2.41 bits per heavy atom. The van der Waals surface area contributed by atoms with Crippen LogP contribution in [0, 0.1) is 46.3 Å². The predicted molar refractivity (Wildman–Crippen MR) is 123 cm³/mol. The highest BCUT2D eigenvalue weighted by molar-refractivity contribution is 6.00. The molecule has 4 aliphatic rings. The average Bonchev–Trinajstić information content (AvgIpc) is 2.94. The lowest BCUT2D eigenvalue weighted by atomic mass is 9.46. The summed E-state index contributed by atoms with van der Waals surface area (Å²) in [5, 5.41) is 0. The molecule has 0 aromatic heterocycles. The quantitative estimate of drug-likeness (QED) is 0.458. The van der Waals surface area contributed by atoms with Crippen LogP contribution in [0.3, 0.4) is 0 Å². The molecule has 4 rings (SSSR count). The van der Waals surface area contributed by atoms with Crippen LogP contribution in [0.15, 0.2) is 11.1 Å². The first-order chi connectivity index (χ1) is 13.7. The Balaban J connectivity index is 1.56. The first kappa shape index (κ1) is 21.6. The van der Waals surface area contributed by atoms with Crippen molar-refractivity contribution < 1.29 is 4.79 Å². The van der Waals surface area contributed by atoms with E-state index in [1.807, 2.05) is 0 Å². The van der Waals surface area contributed by atoms with Gasteiger partial charge in [0, 0.05) is 6.42 Å². The molecule has 3 fully saturated rings. The van der Waals surface area contributed by atoms with Gasteiger partial charge in [0.15, 0.2) is 5.78 Å². The Morgan fingerprint density at radius 1 is 0.931 bits per heavy atom. The van der Waals surface area contributed by atoms with Crippen LogP contribution >= 0.6 is 0 Å². The van der Waals surface area contributed by atoms with Crippen molar-refractivity contribution in [2.75, 3.05) is 0 Å². The summed E-state index contributed by atoms with van der Waals surface area (Å²) >= 11 is 0. The number of carbonyl (C=O) groups excluding carboxylic acids is 1. The topological polar surface area (TPSA) is 17.1 Å². The van der Waals surface area contributed by atoms with Crippen molar-refractivity contribution in [3.8, 4) is 0 Å². The smallest absolute Gasteiger partial charge is 0.159 e. The minimum Gasteiger partial charge on any atom is -0.295 e. The van der Waals surface area contributed by atoms with Crippen LogP contribution in [0.2, 0.25) is 0 Å². The SMILES string of the molecule is CC(C)[C@H](C)CC[C@@H](C)C1=C2CC[C@H]3[C@@H]4CCCC[C@@]4(C)CC[C@@H]3[C@@]2(C)CC1=O. The summed E-state index contributed by atoms with van der Waals surface area (Å²) in [5.41, 5.74) is 3.70. The lowest BCUT2D eigenvalue weighted by Gasteiger charge is -2.58. The van der Waals surface area contributed by atoms with E-state index in [2.05, 4.69) is 41.5 Å². The molecule has 0 aromatic carbocycles. The highest BCUT2D eigenvalue weighted by atomic mass is 16.1. The van der Waals surface area contributed by atoms with Crippen molar-refractivity contribution in [1.82, 2.24) is 0 Å². The number of Topliss-reactive ketones (excluding diaryl/α,β-unsaturated/α-hetero) is 1.